The largest absolute Gasteiger partial charge is 0.355 e. The molecule has 5 heteroatoms. The topological polar surface area (TPSA) is 39.7 Å². The fourth-order valence-electron chi connectivity index (χ4n) is 2.64. The predicted molar refractivity (Wildman–Crippen MR) is 81.1 cm³/mol. The summed E-state index contributed by atoms with van der Waals surface area (Å²) in [6, 6.07) is 4.43. The van der Waals surface area contributed by atoms with Crippen molar-refractivity contribution in [2.24, 2.45) is 0 Å². The van der Waals surface area contributed by atoms with Crippen LogP contribution in [0.3, 0.4) is 0 Å². The number of pyridine rings is 1. The molecule has 0 aromatic carbocycles. The van der Waals surface area contributed by atoms with Crippen LogP contribution in [0.2, 0.25) is 0 Å². The molecule has 1 atom stereocenters. The van der Waals surface area contributed by atoms with Gasteiger partial charge in [-0.05, 0) is 37.5 Å². The summed E-state index contributed by atoms with van der Waals surface area (Å²) < 4.78 is 0. The highest BCUT2D eigenvalue weighted by molar-refractivity contribution is 5.74. The molecular formula is C15H24N4O. The Morgan fingerprint density at radius 3 is 2.80 bits per heavy atom. The van der Waals surface area contributed by atoms with Crippen LogP contribution in [-0.2, 0) is 0 Å². The van der Waals surface area contributed by atoms with Crippen LogP contribution in [0.1, 0.15) is 18.4 Å². The Bertz CT molecular complexity index is 475. The number of carbonyl (C=O) groups excluding carboxylic acids is 1. The first-order valence-electron chi connectivity index (χ1n) is 7.10. The number of amides is 2. The van der Waals surface area contributed by atoms with E-state index in [1.54, 1.807) is 19.0 Å². The average molecular weight is 276 g/mol. The van der Waals surface area contributed by atoms with Crippen molar-refractivity contribution in [1.82, 2.24) is 14.8 Å². The van der Waals surface area contributed by atoms with Gasteiger partial charge in [-0.1, -0.05) is 0 Å². The van der Waals surface area contributed by atoms with E-state index >= 15 is 0 Å². The van der Waals surface area contributed by atoms with E-state index in [1.165, 1.54) is 5.56 Å². The maximum Gasteiger partial charge on any atom is 0.319 e. The summed E-state index contributed by atoms with van der Waals surface area (Å²) in [5, 5.41) is 0. The van der Waals surface area contributed by atoms with E-state index in [9.17, 15) is 4.79 Å². The van der Waals surface area contributed by atoms with Gasteiger partial charge in [-0.2, -0.15) is 0 Å². The first-order chi connectivity index (χ1) is 9.49. The zero-order chi connectivity index (χ0) is 14.7. The molecule has 110 valence electrons. The summed E-state index contributed by atoms with van der Waals surface area (Å²) in [6.07, 6.45) is 3.99. The minimum Gasteiger partial charge on any atom is -0.355 e. The van der Waals surface area contributed by atoms with Crippen molar-refractivity contribution in [1.29, 1.82) is 0 Å². The van der Waals surface area contributed by atoms with Gasteiger partial charge >= 0.3 is 6.03 Å². The first kappa shape index (κ1) is 14.6. The molecule has 2 amide bonds. The number of urea groups is 1. The molecule has 1 aliphatic rings. The molecule has 1 saturated heterocycles. The van der Waals surface area contributed by atoms with Crippen molar-refractivity contribution in [2.75, 3.05) is 39.1 Å². The second kappa shape index (κ2) is 6.11. The number of aromatic nitrogens is 1. The molecule has 0 bridgehead atoms. The number of carbonyl (C=O) groups is 1. The van der Waals surface area contributed by atoms with Crippen molar-refractivity contribution >= 4 is 11.8 Å². The summed E-state index contributed by atoms with van der Waals surface area (Å²) in [5.74, 6) is 1.01. The highest BCUT2D eigenvalue weighted by atomic mass is 16.2. The van der Waals surface area contributed by atoms with Crippen molar-refractivity contribution in [3.63, 3.8) is 0 Å². The Morgan fingerprint density at radius 1 is 1.40 bits per heavy atom. The van der Waals surface area contributed by atoms with E-state index < -0.39 is 0 Å². The molecule has 1 fully saturated rings. The zero-order valence-electron chi connectivity index (χ0n) is 12.8. The standard InChI is InChI=1S/C15H24N4O/c1-12-7-8-16-14(10-12)19-9-5-6-13(11-19)18(4)15(20)17(2)3/h7-8,10,13H,5-6,9,11H2,1-4H3. The molecule has 1 aliphatic heterocycles. The molecule has 2 rings (SSSR count). The van der Waals surface area contributed by atoms with Gasteiger partial charge in [0.15, 0.2) is 0 Å². The second-order valence-electron chi connectivity index (χ2n) is 5.72. The molecule has 0 saturated carbocycles. The van der Waals surface area contributed by atoms with Gasteiger partial charge in [-0.3, -0.25) is 0 Å². The number of hydrogen-bond acceptors (Lipinski definition) is 3. The van der Waals surface area contributed by atoms with E-state index in [-0.39, 0.29) is 12.1 Å². The van der Waals surface area contributed by atoms with Crippen molar-refractivity contribution < 1.29 is 4.79 Å². The molecule has 1 aromatic rings. The van der Waals surface area contributed by atoms with Crippen LogP contribution < -0.4 is 4.90 Å². The molecule has 2 heterocycles. The summed E-state index contributed by atoms with van der Waals surface area (Å²) in [7, 11) is 5.48. The Hall–Kier alpha value is -1.78. The molecule has 0 radical (unpaired) electrons. The van der Waals surface area contributed by atoms with E-state index in [4.69, 9.17) is 0 Å². The van der Waals surface area contributed by atoms with Crippen LogP contribution in [0.15, 0.2) is 18.3 Å². The highest BCUT2D eigenvalue weighted by Gasteiger charge is 2.27. The monoisotopic (exact) mass is 276 g/mol. The molecule has 20 heavy (non-hydrogen) atoms. The quantitative estimate of drug-likeness (QED) is 0.829. The summed E-state index contributed by atoms with van der Waals surface area (Å²) in [4.78, 5) is 22.3. The average Bonchev–Trinajstić information content (AvgIpc) is 2.45. The lowest BCUT2D eigenvalue weighted by atomic mass is 10.0. The van der Waals surface area contributed by atoms with Crippen LogP contribution in [0, 0.1) is 6.92 Å². The fraction of sp³-hybridized carbons (Fsp3) is 0.600. The van der Waals surface area contributed by atoms with E-state index in [2.05, 4.69) is 22.9 Å². The third-order valence-electron chi connectivity index (χ3n) is 3.85. The van der Waals surface area contributed by atoms with E-state index in [0.29, 0.717) is 0 Å². The number of nitrogens with zero attached hydrogens (tertiary/aromatic N) is 4. The van der Waals surface area contributed by atoms with Crippen molar-refractivity contribution in [2.45, 2.75) is 25.8 Å². The van der Waals surface area contributed by atoms with Gasteiger partial charge < -0.3 is 14.7 Å². The lowest BCUT2D eigenvalue weighted by Gasteiger charge is -2.39. The van der Waals surface area contributed by atoms with Crippen LogP contribution in [-0.4, -0.2) is 61.1 Å². The van der Waals surface area contributed by atoms with Gasteiger partial charge in [0.25, 0.3) is 0 Å². The van der Waals surface area contributed by atoms with Gasteiger partial charge in [0.05, 0.1) is 6.04 Å². The SMILES string of the molecule is Cc1ccnc(N2CCCC(N(C)C(=O)N(C)C)C2)c1. The molecule has 5 nitrogen and oxygen atoms in total. The lowest BCUT2D eigenvalue weighted by Crippen LogP contribution is -2.51. The molecule has 0 aliphatic carbocycles. The van der Waals surface area contributed by atoms with Gasteiger partial charge in [-0.15, -0.1) is 0 Å². The minimum absolute atomic E-state index is 0.0639. The number of hydrogen-bond donors (Lipinski definition) is 0. The number of piperidine rings is 1. The predicted octanol–water partition coefficient (Wildman–Crippen LogP) is 1.97. The van der Waals surface area contributed by atoms with Crippen LogP contribution in [0.5, 0.6) is 0 Å². The minimum atomic E-state index is 0.0639. The molecule has 1 aromatic heterocycles. The normalized spacial score (nSPS) is 18.8. The Labute approximate surface area is 121 Å². The van der Waals surface area contributed by atoms with Crippen LogP contribution in [0.25, 0.3) is 0 Å². The van der Waals surface area contributed by atoms with Gasteiger partial charge in [0.1, 0.15) is 5.82 Å². The maximum atomic E-state index is 12.1. The highest BCUT2D eigenvalue weighted by Crippen LogP contribution is 2.21. The van der Waals surface area contributed by atoms with Crippen molar-refractivity contribution in [3.05, 3.63) is 23.9 Å². The van der Waals surface area contributed by atoms with Gasteiger partial charge in [0.2, 0.25) is 0 Å². The number of anilines is 1. The molecule has 0 spiro atoms. The molecule has 1 unspecified atom stereocenters. The summed E-state index contributed by atoms with van der Waals surface area (Å²) >= 11 is 0. The number of rotatable bonds is 2. The fourth-order valence-corrected chi connectivity index (χ4v) is 2.64. The third-order valence-corrected chi connectivity index (χ3v) is 3.85. The zero-order valence-corrected chi connectivity index (χ0v) is 12.8. The Balaban J connectivity index is 2.07. The molecule has 0 N–H and O–H groups in total. The Kier molecular flexibility index (Phi) is 4.47. The molecular weight excluding hydrogens is 252 g/mol. The van der Waals surface area contributed by atoms with E-state index in [0.717, 1.165) is 31.7 Å². The third kappa shape index (κ3) is 3.21. The first-order valence-corrected chi connectivity index (χ1v) is 7.10. The van der Waals surface area contributed by atoms with Gasteiger partial charge in [-0.25, -0.2) is 9.78 Å². The summed E-state index contributed by atoms with van der Waals surface area (Å²) in [6.45, 7) is 3.94. The second-order valence-corrected chi connectivity index (χ2v) is 5.72. The maximum absolute atomic E-state index is 12.1. The van der Waals surface area contributed by atoms with Crippen molar-refractivity contribution in [3.8, 4) is 0 Å². The van der Waals surface area contributed by atoms with Crippen LogP contribution in [0.4, 0.5) is 10.6 Å². The van der Waals surface area contributed by atoms with Crippen LogP contribution >= 0.6 is 0 Å². The van der Waals surface area contributed by atoms with E-state index in [1.807, 2.05) is 24.2 Å². The smallest absolute Gasteiger partial charge is 0.319 e. The number of aryl methyl sites for hydroxylation is 1. The summed E-state index contributed by atoms with van der Waals surface area (Å²) in [5.41, 5.74) is 1.22. The number of likely N-dealkylation sites (N-methyl/N-ethyl adjacent to an activating group) is 1. The Morgan fingerprint density at radius 2 is 2.15 bits per heavy atom. The lowest BCUT2D eigenvalue weighted by molar-refractivity contribution is 0.157. The van der Waals surface area contributed by atoms with Gasteiger partial charge in [0, 0.05) is 40.4 Å².